The lowest BCUT2D eigenvalue weighted by Crippen LogP contribution is -2.35. The maximum atomic E-state index is 13.1. The number of thiophene rings is 1. The molecule has 0 saturated carbocycles. The molecule has 3 heterocycles. The molecule has 0 aliphatic carbocycles. The van der Waals surface area contributed by atoms with Crippen molar-refractivity contribution in [3.63, 3.8) is 0 Å². The highest BCUT2D eigenvalue weighted by Gasteiger charge is 2.43. The lowest BCUT2D eigenvalue weighted by molar-refractivity contribution is -0.136. The first kappa shape index (κ1) is 16.1. The van der Waals surface area contributed by atoms with Crippen molar-refractivity contribution in [2.24, 2.45) is 0 Å². The van der Waals surface area contributed by atoms with Crippen LogP contribution in [0.2, 0.25) is 0 Å². The molecule has 0 radical (unpaired) electrons. The molecule has 0 spiro atoms. The van der Waals surface area contributed by atoms with E-state index in [1.807, 2.05) is 40.6 Å². The number of unbranched alkanes of at least 4 members (excludes halogenated alkanes) is 1. The smallest absolute Gasteiger partial charge is 0.278 e. The van der Waals surface area contributed by atoms with Crippen molar-refractivity contribution >= 4 is 34.4 Å². The molecule has 128 valence electrons. The standard InChI is InChI=1S/C20H20N2O2S/c1-2-3-11-22-19(23)17(16-9-6-13-25-16)18(20(22)24)21-12-10-14-7-4-5-8-15(14)21/h4-9,13H,2-3,10-12H2,1H3. The van der Waals surface area contributed by atoms with Crippen molar-refractivity contribution in [1.82, 2.24) is 4.90 Å². The molecule has 1 aromatic heterocycles. The minimum atomic E-state index is -0.154. The molecular weight excluding hydrogens is 332 g/mol. The van der Waals surface area contributed by atoms with Crippen LogP contribution < -0.4 is 4.90 Å². The third-order valence-corrected chi connectivity index (χ3v) is 5.69. The number of hydrogen-bond acceptors (Lipinski definition) is 4. The van der Waals surface area contributed by atoms with Gasteiger partial charge in [-0.05, 0) is 35.9 Å². The SMILES string of the molecule is CCCCN1C(=O)C(c2cccs2)=C(N2CCc3ccccc32)C1=O. The van der Waals surface area contributed by atoms with Gasteiger partial charge in [0.15, 0.2) is 0 Å². The normalized spacial score (nSPS) is 17.0. The second-order valence-corrected chi connectivity index (χ2v) is 7.29. The van der Waals surface area contributed by atoms with Crippen LogP contribution in [0.5, 0.6) is 0 Å². The van der Waals surface area contributed by atoms with Gasteiger partial charge in [0.05, 0.1) is 5.57 Å². The highest BCUT2D eigenvalue weighted by Crippen LogP contribution is 2.39. The number of benzene rings is 1. The molecule has 2 aliphatic rings. The van der Waals surface area contributed by atoms with E-state index < -0.39 is 0 Å². The van der Waals surface area contributed by atoms with Gasteiger partial charge in [-0.1, -0.05) is 37.6 Å². The number of fused-ring (bicyclic) bond motifs is 1. The largest absolute Gasteiger partial charge is 0.336 e. The molecule has 2 amide bonds. The zero-order chi connectivity index (χ0) is 17.4. The number of nitrogens with zero attached hydrogens (tertiary/aromatic N) is 2. The van der Waals surface area contributed by atoms with Crippen LogP contribution in [0.25, 0.3) is 5.57 Å². The number of carbonyl (C=O) groups excluding carboxylic acids is 2. The predicted molar refractivity (Wildman–Crippen MR) is 100 cm³/mol. The highest BCUT2D eigenvalue weighted by molar-refractivity contribution is 7.11. The highest BCUT2D eigenvalue weighted by atomic mass is 32.1. The Balaban J connectivity index is 1.81. The number of para-hydroxylation sites is 1. The second kappa shape index (κ2) is 6.48. The fourth-order valence-corrected chi connectivity index (χ4v) is 4.31. The molecule has 1 aromatic carbocycles. The van der Waals surface area contributed by atoms with Gasteiger partial charge in [0, 0.05) is 23.7 Å². The first-order valence-electron chi connectivity index (χ1n) is 8.72. The molecule has 0 atom stereocenters. The van der Waals surface area contributed by atoms with Gasteiger partial charge >= 0.3 is 0 Å². The van der Waals surface area contributed by atoms with Crippen LogP contribution in [-0.2, 0) is 16.0 Å². The van der Waals surface area contributed by atoms with Crippen LogP contribution >= 0.6 is 11.3 Å². The predicted octanol–water partition coefficient (Wildman–Crippen LogP) is 3.69. The summed E-state index contributed by atoms with van der Waals surface area (Å²) in [6, 6.07) is 12.0. The van der Waals surface area contributed by atoms with Crippen LogP contribution in [0.1, 0.15) is 30.2 Å². The van der Waals surface area contributed by atoms with E-state index in [1.165, 1.54) is 21.8 Å². The summed E-state index contributed by atoms with van der Waals surface area (Å²) in [7, 11) is 0. The van der Waals surface area contributed by atoms with E-state index in [0.717, 1.165) is 36.4 Å². The summed E-state index contributed by atoms with van der Waals surface area (Å²) in [6.45, 7) is 3.29. The van der Waals surface area contributed by atoms with Crippen LogP contribution in [0.15, 0.2) is 47.5 Å². The molecule has 5 heteroatoms. The Kier molecular flexibility index (Phi) is 4.17. The Morgan fingerprint density at radius 2 is 1.92 bits per heavy atom. The van der Waals surface area contributed by atoms with E-state index in [2.05, 4.69) is 13.0 Å². The zero-order valence-electron chi connectivity index (χ0n) is 14.2. The van der Waals surface area contributed by atoms with Crippen LogP contribution in [0, 0.1) is 0 Å². The molecule has 2 aromatic rings. The van der Waals surface area contributed by atoms with Gasteiger partial charge in [-0.25, -0.2) is 0 Å². The van der Waals surface area contributed by atoms with Crippen molar-refractivity contribution in [3.8, 4) is 0 Å². The summed E-state index contributed by atoms with van der Waals surface area (Å²) >= 11 is 1.51. The molecule has 0 unspecified atom stereocenters. The number of anilines is 1. The summed E-state index contributed by atoms with van der Waals surface area (Å²) < 4.78 is 0. The summed E-state index contributed by atoms with van der Waals surface area (Å²) in [6.07, 6.45) is 2.68. The minimum Gasteiger partial charge on any atom is -0.336 e. The van der Waals surface area contributed by atoms with Crippen molar-refractivity contribution in [2.75, 3.05) is 18.0 Å². The van der Waals surface area contributed by atoms with Crippen LogP contribution in [-0.4, -0.2) is 29.8 Å². The lowest BCUT2D eigenvalue weighted by atomic mass is 10.1. The topological polar surface area (TPSA) is 40.6 Å². The van der Waals surface area contributed by atoms with Crippen LogP contribution in [0.4, 0.5) is 5.69 Å². The van der Waals surface area contributed by atoms with Gasteiger partial charge in [-0.2, -0.15) is 0 Å². The summed E-state index contributed by atoms with van der Waals surface area (Å²) in [5, 5.41) is 1.95. The van der Waals surface area contributed by atoms with E-state index in [-0.39, 0.29) is 11.8 Å². The Hall–Kier alpha value is -2.40. The molecule has 0 N–H and O–H groups in total. The average molecular weight is 352 g/mol. The third-order valence-electron chi connectivity index (χ3n) is 4.80. The van der Waals surface area contributed by atoms with Gasteiger partial charge in [0.2, 0.25) is 0 Å². The fraction of sp³-hybridized carbons (Fsp3) is 0.300. The second-order valence-electron chi connectivity index (χ2n) is 6.35. The van der Waals surface area contributed by atoms with E-state index in [4.69, 9.17) is 0 Å². The Labute approximate surface area is 151 Å². The van der Waals surface area contributed by atoms with Gasteiger partial charge in [-0.3, -0.25) is 14.5 Å². The molecular formula is C20H20N2O2S. The number of rotatable bonds is 5. The molecule has 2 aliphatic heterocycles. The molecule has 0 saturated heterocycles. The average Bonchev–Trinajstić information content (AvgIpc) is 3.33. The lowest BCUT2D eigenvalue weighted by Gasteiger charge is -2.21. The monoisotopic (exact) mass is 352 g/mol. The van der Waals surface area contributed by atoms with E-state index >= 15 is 0 Å². The van der Waals surface area contributed by atoms with Gasteiger partial charge in [0.25, 0.3) is 11.8 Å². The van der Waals surface area contributed by atoms with Crippen molar-refractivity contribution in [2.45, 2.75) is 26.2 Å². The van der Waals surface area contributed by atoms with E-state index in [0.29, 0.717) is 17.8 Å². The first-order valence-corrected chi connectivity index (χ1v) is 9.60. The maximum absolute atomic E-state index is 13.1. The quantitative estimate of drug-likeness (QED) is 0.771. The minimum absolute atomic E-state index is 0.153. The van der Waals surface area contributed by atoms with E-state index in [1.54, 1.807) is 0 Å². The summed E-state index contributed by atoms with van der Waals surface area (Å²) in [4.78, 5) is 30.5. The first-order chi connectivity index (χ1) is 12.2. The number of imide groups is 1. The Bertz CT molecular complexity index is 854. The van der Waals surface area contributed by atoms with Crippen molar-refractivity contribution in [1.29, 1.82) is 0 Å². The van der Waals surface area contributed by atoms with Crippen LogP contribution in [0.3, 0.4) is 0 Å². The van der Waals surface area contributed by atoms with Crippen molar-refractivity contribution < 1.29 is 9.59 Å². The van der Waals surface area contributed by atoms with Crippen molar-refractivity contribution in [3.05, 3.63) is 57.9 Å². The molecule has 0 fully saturated rings. The molecule has 4 rings (SSSR count). The van der Waals surface area contributed by atoms with E-state index in [9.17, 15) is 9.59 Å². The zero-order valence-corrected chi connectivity index (χ0v) is 15.0. The molecule has 0 bridgehead atoms. The fourth-order valence-electron chi connectivity index (χ4n) is 3.55. The molecule has 4 nitrogen and oxygen atoms in total. The molecule has 25 heavy (non-hydrogen) atoms. The third kappa shape index (κ3) is 2.59. The summed E-state index contributed by atoms with van der Waals surface area (Å²) in [5.74, 6) is -0.307. The van der Waals surface area contributed by atoms with Gasteiger partial charge in [-0.15, -0.1) is 11.3 Å². The maximum Gasteiger partial charge on any atom is 0.278 e. The van der Waals surface area contributed by atoms with Gasteiger partial charge in [0.1, 0.15) is 5.70 Å². The Morgan fingerprint density at radius 3 is 2.68 bits per heavy atom. The van der Waals surface area contributed by atoms with Gasteiger partial charge < -0.3 is 4.90 Å². The Morgan fingerprint density at radius 1 is 1.08 bits per heavy atom. The number of carbonyl (C=O) groups is 2. The number of hydrogen-bond donors (Lipinski definition) is 0. The number of amides is 2. The summed E-state index contributed by atoms with van der Waals surface area (Å²) in [5.41, 5.74) is 3.39.